The first-order valence-corrected chi connectivity index (χ1v) is 9.48. The van der Waals surface area contributed by atoms with Gasteiger partial charge in [0.1, 0.15) is 35.8 Å². The summed E-state index contributed by atoms with van der Waals surface area (Å²) in [6.45, 7) is 1.43. The predicted molar refractivity (Wildman–Crippen MR) is 111 cm³/mol. The summed E-state index contributed by atoms with van der Waals surface area (Å²) < 4.78 is 44.2. The van der Waals surface area contributed by atoms with Gasteiger partial charge >= 0.3 is 0 Å². The van der Waals surface area contributed by atoms with Gasteiger partial charge in [0, 0.05) is 5.39 Å². The van der Waals surface area contributed by atoms with Gasteiger partial charge in [0.15, 0.2) is 0 Å². The number of halogens is 3. The number of rotatable bonds is 7. The average molecular weight is 425 g/mol. The molecular weight excluding hydrogens is 407 g/mol. The fourth-order valence-corrected chi connectivity index (χ4v) is 3.04. The lowest BCUT2D eigenvalue weighted by atomic mass is 10.0. The molecule has 0 unspecified atom stereocenters. The Balaban J connectivity index is 1.75. The zero-order valence-electron chi connectivity index (χ0n) is 16.5. The van der Waals surface area contributed by atoms with Crippen LogP contribution in [0.3, 0.4) is 0 Å². The molecule has 1 N–H and O–H groups in total. The standard InChI is InChI=1S/C22H18F3N5O/c1-13-2-7-17(30-29-13)10-26-22-18-8-15(14-3-5-16(23)6-4-14)9-19(31-11-20(24)25)21(18)27-12-28-22/h2-9,12,20H,10-11H2,1H3,(H,26,27,28). The van der Waals surface area contributed by atoms with Crippen LogP contribution in [-0.4, -0.2) is 33.2 Å². The molecule has 31 heavy (non-hydrogen) atoms. The smallest absolute Gasteiger partial charge is 0.272 e. The minimum absolute atomic E-state index is 0.192. The molecule has 0 aliphatic carbocycles. The van der Waals surface area contributed by atoms with Gasteiger partial charge in [-0.25, -0.2) is 23.1 Å². The number of anilines is 1. The highest BCUT2D eigenvalue weighted by molar-refractivity contribution is 5.96. The Bertz CT molecular complexity index is 1180. The van der Waals surface area contributed by atoms with Crippen molar-refractivity contribution in [1.82, 2.24) is 20.2 Å². The Morgan fingerprint density at radius 2 is 1.77 bits per heavy atom. The van der Waals surface area contributed by atoms with E-state index in [-0.39, 0.29) is 11.6 Å². The lowest BCUT2D eigenvalue weighted by Gasteiger charge is -2.14. The predicted octanol–water partition coefficient (Wildman–Crippen LogP) is 4.79. The van der Waals surface area contributed by atoms with Crippen LogP contribution in [0.4, 0.5) is 19.0 Å². The molecule has 4 rings (SSSR count). The van der Waals surface area contributed by atoms with Crippen molar-refractivity contribution in [2.75, 3.05) is 11.9 Å². The molecule has 2 aromatic carbocycles. The van der Waals surface area contributed by atoms with Crippen molar-refractivity contribution in [3.05, 3.63) is 72.1 Å². The lowest BCUT2D eigenvalue weighted by Crippen LogP contribution is -2.09. The van der Waals surface area contributed by atoms with Gasteiger partial charge in [-0.3, -0.25) is 0 Å². The van der Waals surface area contributed by atoms with Gasteiger partial charge in [0.25, 0.3) is 6.43 Å². The van der Waals surface area contributed by atoms with Crippen LogP contribution in [0.1, 0.15) is 11.4 Å². The minimum Gasteiger partial charge on any atom is -0.485 e. The molecule has 0 bridgehead atoms. The third kappa shape index (κ3) is 4.88. The van der Waals surface area contributed by atoms with Crippen LogP contribution < -0.4 is 10.1 Å². The number of aromatic nitrogens is 4. The molecule has 6 nitrogen and oxygen atoms in total. The summed E-state index contributed by atoms with van der Waals surface area (Å²) in [4.78, 5) is 8.52. The summed E-state index contributed by atoms with van der Waals surface area (Å²) >= 11 is 0. The van der Waals surface area contributed by atoms with Crippen molar-refractivity contribution in [1.29, 1.82) is 0 Å². The van der Waals surface area contributed by atoms with E-state index in [1.807, 2.05) is 19.1 Å². The van der Waals surface area contributed by atoms with E-state index in [0.717, 1.165) is 5.69 Å². The highest BCUT2D eigenvalue weighted by atomic mass is 19.3. The number of fused-ring (bicyclic) bond motifs is 1. The third-order valence-corrected chi connectivity index (χ3v) is 4.54. The van der Waals surface area contributed by atoms with E-state index in [1.54, 1.807) is 24.3 Å². The number of hydrogen-bond donors (Lipinski definition) is 1. The molecule has 158 valence electrons. The van der Waals surface area contributed by atoms with Gasteiger partial charge in [0.2, 0.25) is 0 Å². The number of alkyl halides is 2. The van der Waals surface area contributed by atoms with Crippen LogP contribution in [-0.2, 0) is 6.54 Å². The Morgan fingerprint density at radius 3 is 2.48 bits per heavy atom. The SMILES string of the molecule is Cc1ccc(CNc2ncnc3c(OCC(F)F)cc(-c4ccc(F)cc4)cc23)nn1. The number of benzene rings is 2. The Morgan fingerprint density at radius 1 is 0.968 bits per heavy atom. The first-order valence-electron chi connectivity index (χ1n) is 9.48. The first-order chi connectivity index (χ1) is 15.0. The van der Waals surface area contributed by atoms with Gasteiger partial charge in [-0.2, -0.15) is 10.2 Å². The molecule has 0 atom stereocenters. The molecule has 0 amide bonds. The topological polar surface area (TPSA) is 72.8 Å². The van der Waals surface area contributed by atoms with Crippen molar-refractivity contribution in [2.24, 2.45) is 0 Å². The highest BCUT2D eigenvalue weighted by Gasteiger charge is 2.14. The van der Waals surface area contributed by atoms with Crippen molar-refractivity contribution in [3.63, 3.8) is 0 Å². The normalized spacial score (nSPS) is 11.1. The highest BCUT2D eigenvalue weighted by Crippen LogP contribution is 2.34. The summed E-state index contributed by atoms with van der Waals surface area (Å²) in [5.41, 5.74) is 3.26. The third-order valence-electron chi connectivity index (χ3n) is 4.54. The second-order valence-corrected chi connectivity index (χ2v) is 6.82. The maximum Gasteiger partial charge on any atom is 0.272 e. The molecule has 0 radical (unpaired) electrons. The average Bonchev–Trinajstić information content (AvgIpc) is 2.77. The van der Waals surface area contributed by atoms with Crippen LogP contribution in [0.5, 0.6) is 5.75 Å². The summed E-state index contributed by atoms with van der Waals surface area (Å²) in [7, 11) is 0. The molecule has 0 aliphatic rings. The zero-order valence-corrected chi connectivity index (χ0v) is 16.5. The molecule has 4 aromatic rings. The second-order valence-electron chi connectivity index (χ2n) is 6.82. The largest absolute Gasteiger partial charge is 0.485 e. The van der Waals surface area contributed by atoms with Crippen LogP contribution in [0.15, 0.2) is 54.9 Å². The fraction of sp³-hybridized carbons (Fsp3) is 0.182. The van der Waals surface area contributed by atoms with Gasteiger partial charge in [-0.15, -0.1) is 0 Å². The molecule has 2 heterocycles. The quantitative estimate of drug-likeness (QED) is 0.459. The van der Waals surface area contributed by atoms with Crippen molar-refractivity contribution < 1.29 is 17.9 Å². The van der Waals surface area contributed by atoms with Crippen LogP contribution in [0.25, 0.3) is 22.0 Å². The van der Waals surface area contributed by atoms with E-state index < -0.39 is 13.0 Å². The van der Waals surface area contributed by atoms with Gasteiger partial charge in [-0.05, 0) is 54.4 Å². The molecule has 0 fully saturated rings. The number of hydrogen-bond acceptors (Lipinski definition) is 6. The monoisotopic (exact) mass is 425 g/mol. The van der Waals surface area contributed by atoms with Crippen molar-refractivity contribution in [2.45, 2.75) is 19.9 Å². The summed E-state index contributed by atoms with van der Waals surface area (Å²) in [6.07, 6.45) is -1.30. The van der Waals surface area contributed by atoms with E-state index in [2.05, 4.69) is 25.5 Å². The van der Waals surface area contributed by atoms with E-state index >= 15 is 0 Å². The van der Waals surface area contributed by atoms with Crippen molar-refractivity contribution >= 4 is 16.7 Å². The van der Waals surface area contributed by atoms with Crippen LogP contribution in [0.2, 0.25) is 0 Å². The van der Waals surface area contributed by atoms with Gasteiger partial charge in [-0.1, -0.05) is 12.1 Å². The van der Waals surface area contributed by atoms with Crippen molar-refractivity contribution in [3.8, 4) is 16.9 Å². The Labute approximate surface area is 176 Å². The first kappa shape index (κ1) is 20.5. The number of aryl methyl sites for hydroxylation is 1. The zero-order chi connectivity index (χ0) is 21.8. The van der Waals surface area contributed by atoms with Gasteiger partial charge < -0.3 is 10.1 Å². The number of nitrogens with zero attached hydrogens (tertiary/aromatic N) is 4. The molecule has 0 saturated heterocycles. The Kier molecular flexibility index (Phi) is 5.92. The minimum atomic E-state index is -2.64. The van der Waals surface area contributed by atoms with E-state index in [4.69, 9.17) is 4.74 Å². The fourth-order valence-electron chi connectivity index (χ4n) is 3.04. The van der Waals surface area contributed by atoms with Gasteiger partial charge in [0.05, 0.1) is 17.9 Å². The molecule has 0 aliphatic heterocycles. The molecular formula is C22H18F3N5O. The summed E-state index contributed by atoms with van der Waals surface area (Å²) in [5, 5.41) is 11.9. The number of nitrogens with one attached hydrogen (secondary N) is 1. The van der Waals surface area contributed by atoms with E-state index in [0.29, 0.717) is 40.1 Å². The van der Waals surface area contributed by atoms with Crippen LogP contribution >= 0.6 is 0 Å². The number of ether oxygens (including phenoxy) is 1. The lowest BCUT2D eigenvalue weighted by molar-refractivity contribution is 0.0826. The second kappa shape index (κ2) is 8.95. The summed E-state index contributed by atoms with van der Waals surface area (Å²) in [6, 6.07) is 13.0. The van der Waals surface area contributed by atoms with E-state index in [9.17, 15) is 13.2 Å². The molecule has 2 aromatic heterocycles. The molecule has 9 heteroatoms. The maximum atomic E-state index is 13.3. The molecule has 0 saturated carbocycles. The Hall–Kier alpha value is -3.75. The summed E-state index contributed by atoms with van der Waals surface area (Å²) in [5.74, 6) is 0.305. The van der Waals surface area contributed by atoms with Crippen LogP contribution in [0, 0.1) is 12.7 Å². The molecule has 0 spiro atoms. The maximum absolute atomic E-state index is 13.3. The van der Waals surface area contributed by atoms with E-state index in [1.165, 1.54) is 18.5 Å².